The lowest BCUT2D eigenvalue weighted by Gasteiger charge is -2.44. The van der Waals surface area contributed by atoms with Crippen molar-refractivity contribution in [1.82, 2.24) is 9.99 Å². The zero-order chi connectivity index (χ0) is 19.5. The molecule has 3 unspecified atom stereocenters. The van der Waals surface area contributed by atoms with Crippen LogP contribution in [-0.4, -0.2) is 40.4 Å². The number of allylic oxidation sites excluding steroid dienone is 2. The van der Waals surface area contributed by atoms with Gasteiger partial charge in [-0.15, -0.1) is 0 Å². The number of hydrogen-bond donors (Lipinski definition) is 2. The van der Waals surface area contributed by atoms with Gasteiger partial charge in [-0.2, -0.15) is 5.10 Å². The number of alkyl halides is 2. The van der Waals surface area contributed by atoms with Crippen LogP contribution in [0.3, 0.4) is 0 Å². The monoisotopic (exact) mass is 367 g/mol. The van der Waals surface area contributed by atoms with Crippen LogP contribution in [0.4, 0.5) is 8.78 Å². The van der Waals surface area contributed by atoms with Gasteiger partial charge in [0, 0.05) is 38.2 Å². The molecule has 0 saturated heterocycles. The summed E-state index contributed by atoms with van der Waals surface area (Å²) in [7, 11) is 3.27. The molecule has 5 atom stereocenters. The Morgan fingerprint density at radius 1 is 1.58 bits per heavy atom. The maximum atomic E-state index is 15.3. The van der Waals surface area contributed by atoms with Crippen LogP contribution in [0.2, 0.25) is 0 Å². The molecule has 5 nitrogen and oxygen atoms in total. The molecule has 1 aromatic heterocycles. The van der Waals surface area contributed by atoms with Crippen molar-refractivity contribution >= 4 is 5.71 Å². The second-order valence-electron chi connectivity index (χ2n) is 7.09. The number of rotatable bonds is 5. The smallest absolute Gasteiger partial charge is 0.250 e. The summed E-state index contributed by atoms with van der Waals surface area (Å²) in [4.78, 5) is 11.8. The number of halogens is 2. The van der Waals surface area contributed by atoms with Crippen molar-refractivity contribution in [1.29, 1.82) is 0 Å². The molecule has 144 valence electrons. The van der Waals surface area contributed by atoms with Crippen molar-refractivity contribution in [3.8, 4) is 0 Å². The standard InChI is InChI=1S/C19H27F2N3O2/c1-12(23-22-3)6-5-7-15-16(25)11-14(18(20)19(15,2)21)13-8-9-24(4)17(26)10-13/h5-6,8-10,14-16,18,22,25H,7,11H2,1-4H3/b6-5-,23-12-/t14-,15?,16-,18?,19?/m1/s1. The van der Waals surface area contributed by atoms with Crippen molar-refractivity contribution < 1.29 is 13.9 Å². The molecule has 1 fully saturated rings. The van der Waals surface area contributed by atoms with E-state index in [1.807, 2.05) is 0 Å². The molecular weight excluding hydrogens is 340 g/mol. The van der Waals surface area contributed by atoms with E-state index in [1.54, 1.807) is 39.2 Å². The van der Waals surface area contributed by atoms with Gasteiger partial charge < -0.3 is 15.1 Å². The summed E-state index contributed by atoms with van der Waals surface area (Å²) < 4.78 is 31.7. The Morgan fingerprint density at radius 3 is 2.88 bits per heavy atom. The second-order valence-corrected chi connectivity index (χ2v) is 7.09. The van der Waals surface area contributed by atoms with Crippen molar-refractivity contribution in [3.63, 3.8) is 0 Å². The summed E-state index contributed by atoms with van der Waals surface area (Å²) in [6.07, 6.45) is 2.42. The van der Waals surface area contributed by atoms with Crippen molar-refractivity contribution in [3.05, 3.63) is 46.4 Å². The highest BCUT2D eigenvalue weighted by Crippen LogP contribution is 2.47. The predicted molar refractivity (Wildman–Crippen MR) is 98.9 cm³/mol. The van der Waals surface area contributed by atoms with Crippen LogP contribution in [-0.2, 0) is 7.05 Å². The summed E-state index contributed by atoms with van der Waals surface area (Å²) in [5.41, 5.74) is 1.28. The van der Waals surface area contributed by atoms with Crippen LogP contribution < -0.4 is 11.0 Å². The number of hydrogen-bond acceptors (Lipinski definition) is 4. The minimum Gasteiger partial charge on any atom is -0.393 e. The largest absolute Gasteiger partial charge is 0.393 e. The molecule has 0 aliphatic heterocycles. The molecule has 1 aliphatic rings. The van der Waals surface area contributed by atoms with Crippen LogP contribution in [0.25, 0.3) is 0 Å². The molecule has 26 heavy (non-hydrogen) atoms. The number of nitrogens with zero attached hydrogens (tertiary/aromatic N) is 2. The molecule has 1 aliphatic carbocycles. The van der Waals surface area contributed by atoms with Gasteiger partial charge in [0.15, 0.2) is 0 Å². The molecule has 0 radical (unpaired) electrons. The molecule has 7 heteroatoms. The Kier molecular flexibility index (Phi) is 6.34. The maximum Gasteiger partial charge on any atom is 0.250 e. The van der Waals surface area contributed by atoms with E-state index in [0.717, 1.165) is 0 Å². The molecule has 2 rings (SSSR count). The van der Waals surface area contributed by atoms with Gasteiger partial charge in [0.2, 0.25) is 0 Å². The third-order valence-electron chi connectivity index (χ3n) is 5.17. The highest BCUT2D eigenvalue weighted by molar-refractivity contribution is 5.92. The van der Waals surface area contributed by atoms with Crippen molar-refractivity contribution in [2.45, 2.75) is 50.6 Å². The normalized spacial score (nSPS) is 32.8. The summed E-state index contributed by atoms with van der Waals surface area (Å²) in [6, 6.07) is 2.93. The van der Waals surface area contributed by atoms with Crippen LogP contribution in [0, 0.1) is 5.92 Å². The average molecular weight is 367 g/mol. The number of aryl methyl sites for hydroxylation is 1. The Hall–Kier alpha value is -2.02. The second kappa shape index (κ2) is 8.12. The molecule has 1 saturated carbocycles. The summed E-state index contributed by atoms with van der Waals surface area (Å²) in [5.74, 6) is -1.71. The maximum absolute atomic E-state index is 15.3. The van der Waals surface area contributed by atoms with Gasteiger partial charge in [0.1, 0.15) is 11.8 Å². The summed E-state index contributed by atoms with van der Waals surface area (Å²) in [5, 5.41) is 14.4. The summed E-state index contributed by atoms with van der Waals surface area (Å²) in [6.45, 7) is 2.98. The Morgan fingerprint density at radius 2 is 2.27 bits per heavy atom. The number of nitrogens with one attached hydrogen (secondary N) is 1. The quantitative estimate of drug-likeness (QED) is 0.621. The zero-order valence-electron chi connectivity index (χ0n) is 15.6. The van der Waals surface area contributed by atoms with E-state index < -0.39 is 29.8 Å². The third-order valence-corrected chi connectivity index (χ3v) is 5.17. The topological polar surface area (TPSA) is 66.6 Å². The third kappa shape index (κ3) is 4.20. The predicted octanol–water partition coefficient (Wildman–Crippen LogP) is 2.46. The fraction of sp³-hybridized carbons (Fsp3) is 0.579. The van der Waals surface area contributed by atoms with Gasteiger partial charge in [-0.1, -0.05) is 6.08 Å². The molecule has 0 aromatic carbocycles. The molecule has 0 bridgehead atoms. The first-order chi connectivity index (χ1) is 12.2. The van der Waals surface area contributed by atoms with E-state index >= 15 is 8.78 Å². The number of aromatic nitrogens is 1. The molecule has 2 N–H and O–H groups in total. The Labute approximate surface area is 152 Å². The zero-order valence-corrected chi connectivity index (χ0v) is 15.6. The lowest BCUT2D eigenvalue weighted by Crippen LogP contribution is -2.53. The fourth-order valence-corrected chi connectivity index (χ4v) is 3.60. The highest BCUT2D eigenvalue weighted by atomic mass is 19.2. The van der Waals surface area contributed by atoms with Gasteiger partial charge in [0.05, 0.1) is 11.8 Å². The van der Waals surface area contributed by atoms with E-state index in [2.05, 4.69) is 10.5 Å². The van der Waals surface area contributed by atoms with Gasteiger partial charge in [0.25, 0.3) is 5.56 Å². The number of pyridine rings is 1. The molecular formula is C19H27F2N3O2. The molecule has 0 spiro atoms. The number of hydrazone groups is 1. The van der Waals surface area contributed by atoms with Crippen LogP contribution in [0.1, 0.15) is 38.2 Å². The number of aliphatic hydroxyl groups is 1. The van der Waals surface area contributed by atoms with E-state index in [0.29, 0.717) is 11.3 Å². The first-order valence-electron chi connectivity index (χ1n) is 8.73. The van der Waals surface area contributed by atoms with Gasteiger partial charge in [-0.3, -0.25) is 4.79 Å². The molecule has 1 heterocycles. The highest BCUT2D eigenvalue weighted by Gasteiger charge is 2.53. The van der Waals surface area contributed by atoms with Crippen molar-refractivity contribution in [2.24, 2.45) is 18.1 Å². The van der Waals surface area contributed by atoms with Crippen LogP contribution in [0.15, 0.2) is 40.4 Å². The van der Waals surface area contributed by atoms with Crippen molar-refractivity contribution in [2.75, 3.05) is 7.05 Å². The summed E-state index contributed by atoms with van der Waals surface area (Å²) >= 11 is 0. The van der Waals surface area contributed by atoms with Crippen LogP contribution in [0.5, 0.6) is 0 Å². The lowest BCUT2D eigenvalue weighted by molar-refractivity contribution is -0.0964. The van der Waals surface area contributed by atoms with E-state index in [-0.39, 0.29) is 18.4 Å². The lowest BCUT2D eigenvalue weighted by atomic mass is 9.67. The van der Waals surface area contributed by atoms with Gasteiger partial charge in [-0.05, 0) is 44.4 Å². The fourth-order valence-electron chi connectivity index (χ4n) is 3.60. The van der Waals surface area contributed by atoms with Gasteiger partial charge >= 0.3 is 0 Å². The first kappa shape index (κ1) is 20.3. The first-order valence-corrected chi connectivity index (χ1v) is 8.73. The Balaban J connectivity index is 2.21. The van der Waals surface area contributed by atoms with E-state index in [4.69, 9.17) is 0 Å². The van der Waals surface area contributed by atoms with Gasteiger partial charge in [-0.25, -0.2) is 8.78 Å². The molecule has 1 aromatic rings. The molecule has 0 amide bonds. The minimum atomic E-state index is -2.21. The average Bonchev–Trinajstić information content (AvgIpc) is 2.57. The van der Waals surface area contributed by atoms with E-state index in [9.17, 15) is 9.90 Å². The SMILES string of the molecule is CN/N=C(C)\C=C/CC1[C@H](O)C[C@H](c2ccn(C)c(=O)c2)C(F)C1(C)F. The van der Waals surface area contributed by atoms with E-state index in [1.165, 1.54) is 23.8 Å². The van der Waals surface area contributed by atoms with Crippen LogP contribution >= 0.6 is 0 Å². The number of aliphatic hydroxyl groups excluding tert-OH is 1. The minimum absolute atomic E-state index is 0.0793. The Bertz CT molecular complexity index is 743.